The molecule has 0 aliphatic heterocycles. The van der Waals surface area contributed by atoms with Gasteiger partial charge in [-0.1, -0.05) is 256 Å². The van der Waals surface area contributed by atoms with E-state index >= 15 is 0 Å². The summed E-state index contributed by atoms with van der Waals surface area (Å²) >= 11 is 0. The third kappa shape index (κ3) is 50.4. The van der Waals surface area contributed by atoms with Crippen LogP contribution in [-0.4, -0.2) is 37.2 Å². The van der Waals surface area contributed by atoms with E-state index in [4.69, 9.17) is 14.2 Å². The van der Waals surface area contributed by atoms with Gasteiger partial charge in [-0.05, 0) is 57.8 Å². The van der Waals surface area contributed by atoms with E-state index in [2.05, 4.69) is 69.4 Å². The molecule has 6 heteroatoms. The lowest BCUT2D eigenvalue weighted by molar-refractivity contribution is -0.167. The molecule has 0 radical (unpaired) electrons. The molecule has 1 atom stereocenters. The van der Waals surface area contributed by atoms with Crippen molar-refractivity contribution in [2.24, 2.45) is 0 Å². The van der Waals surface area contributed by atoms with Crippen LogP contribution in [0.3, 0.4) is 0 Å². The van der Waals surface area contributed by atoms with Crippen LogP contribution in [0.2, 0.25) is 0 Å². The summed E-state index contributed by atoms with van der Waals surface area (Å²) in [6.45, 7) is 6.51. The van der Waals surface area contributed by atoms with Crippen LogP contribution in [0.25, 0.3) is 0 Å². The molecular formula is C58H104O6. The lowest BCUT2D eigenvalue weighted by Crippen LogP contribution is -2.30. The molecule has 1 unspecified atom stereocenters. The number of carbonyl (C=O) groups is 3. The van der Waals surface area contributed by atoms with E-state index < -0.39 is 6.10 Å². The Kier molecular flexibility index (Phi) is 50.8. The van der Waals surface area contributed by atoms with Crippen molar-refractivity contribution in [3.8, 4) is 0 Å². The highest BCUT2D eigenvalue weighted by atomic mass is 16.6. The number of carbonyl (C=O) groups excluding carboxylic acids is 3. The van der Waals surface area contributed by atoms with E-state index in [9.17, 15) is 14.4 Å². The molecule has 0 aromatic heterocycles. The highest BCUT2D eigenvalue weighted by molar-refractivity contribution is 5.71. The van der Waals surface area contributed by atoms with Crippen LogP contribution in [0, 0.1) is 0 Å². The van der Waals surface area contributed by atoms with Gasteiger partial charge in [0.2, 0.25) is 0 Å². The van der Waals surface area contributed by atoms with Gasteiger partial charge in [0, 0.05) is 19.3 Å². The second-order valence-electron chi connectivity index (χ2n) is 18.5. The Labute approximate surface area is 397 Å². The van der Waals surface area contributed by atoms with Crippen LogP contribution < -0.4 is 0 Å². The number of hydrogen-bond donors (Lipinski definition) is 0. The van der Waals surface area contributed by atoms with Gasteiger partial charge in [-0.2, -0.15) is 0 Å². The fourth-order valence-corrected chi connectivity index (χ4v) is 7.96. The molecule has 0 saturated heterocycles. The first kappa shape index (κ1) is 61.4. The zero-order chi connectivity index (χ0) is 46.5. The topological polar surface area (TPSA) is 78.9 Å². The number of ether oxygens (including phenoxy) is 3. The zero-order valence-electron chi connectivity index (χ0n) is 42.6. The van der Waals surface area contributed by atoms with Crippen LogP contribution in [-0.2, 0) is 28.6 Å². The van der Waals surface area contributed by atoms with Crippen molar-refractivity contribution >= 4 is 17.9 Å². The molecule has 64 heavy (non-hydrogen) atoms. The fourth-order valence-electron chi connectivity index (χ4n) is 7.96. The summed E-state index contributed by atoms with van der Waals surface area (Å²) in [5.41, 5.74) is 0. The number of rotatable bonds is 50. The first-order valence-corrected chi connectivity index (χ1v) is 27.6. The van der Waals surface area contributed by atoms with E-state index in [0.29, 0.717) is 19.3 Å². The van der Waals surface area contributed by atoms with Gasteiger partial charge in [0.15, 0.2) is 6.10 Å². The summed E-state index contributed by atoms with van der Waals surface area (Å²) in [6, 6.07) is 0. The Hall–Kier alpha value is -2.63. The Bertz CT molecular complexity index is 1120. The van der Waals surface area contributed by atoms with Gasteiger partial charge in [0.1, 0.15) is 13.2 Å². The average Bonchev–Trinajstić information content (AvgIpc) is 3.29. The standard InChI is InChI=1S/C58H104O6/c1-4-7-10-13-16-19-22-24-26-27-28-29-30-31-33-34-36-39-42-45-48-51-57(60)63-54-55(53-62-56(59)50-47-44-41-38-21-18-15-12-9-6-3)64-58(61)52-49-46-43-40-37-35-32-25-23-20-17-14-11-8-5-2/h8,11,17,20,25,32,37,40,55H,4-7,9-10,12-16,18-19,21-24,26-31,33-36,38-39,41-54H2,1-3H3/b11-8-,20-17-,32-25-,40-37-. The largest absolute Gasteiger partial charge is 0.462 e. The van der Waals surface area contributed by atoms with Gasteiger partial charge in [-0.3, -0.25) is 14.4 Å². The van der Waals surface area contributed by atoms with E-state index in [-0.39, 0.29) is 37.5 Å². The summed E-state index contributed by atoms with van der Waals surface area (Å²) in [6.07, 6.45) is 64.0. The van der Waals surface area contributed by atoms with Crippen molar-refractivity contribution in [1.29, 1.82) is 0 Å². The van der Waals surface area contributed by atoms with E-state index in [1.165, 1.54) is 161 Å². The predicted octanol–water partition coefficient (Wildman–Crippen LogP) is 18.3. The summed E-state index contributed by atoms with van der Waals surface area (Å²) in [4.78, 5) is 38.0. The first-order valence-electron chi connectivity index (χ1n) is 27.6. The molecule has 0 N–H and O–H groups in total. The van der Waals surface area contributed by atoms with Crippen molar-refractivity contribution in [2.75, 3.05) is 13.2 Å². The summed E-state index contributed by atoms with van der Waals surface area (Å²) in [5, 5.41) is 0. The molecule has 0 heterocycles. The van der Waals surface area contributed by atoms with Crippen LogP contribution in [0.4, 0.5) is 0 Å². The lowest BCUT2D eigenvalue weighted by atomic mass is 10.0. The highest BCUT2D eigenvalue weighted by Crippen LogP contribution is 2.16. The van der Waals surface area contributed by atoms with Gasteiger partial charge in [0.25, 0.3) is 0 Å². The molecule has 0 aromatic carbocycles. The number of esters is 3. The number of hydrogen-bond acceptors (Lipinski definition) is 6. The van der Waals surface area contributed by atoms with Gasteiger partial charge >= 0.3 is 17.9 Å². The molecule has 372 valence electrons. The van der Waals surface area contributed by atoms with Crippen molar-refractivity contribution < 1.29 is 28.6 Å². The predicted molar refractivity (Wildman–Crippen MR) is 275 cm³/mol. The molecule has 0 aliphatic rings. The smallest absolute Gasteiger partial charge is 0.306 e. The van der Waals surface area contributed by atoms with Crippen molar-refractivity contribution in [3.63, 3.8) is 0 Å². The maximum atomic E-state index is 12.8. The number of unbranched alkanes of at least 4 members (excludes halogenated alkanes) is 31. The molecule has 0 saturated carbocycles. The summed E-state index contributed by atoms with van der Waals surface area (Å²) in [7, 11) is 0. The molecule has 6 nitrogen and oxygen atoms in total. The fraction of sp³-hybridized carbons (Fsp3) is 0.810. The lowest BCUT2D eigenvalue weighted by Gasteiger charge is -2.18. The van der Waals surface area contributed by atoms with Gasteiger partial charge in [0.05, 0.1) is 0 Å². The minimum atomic E-state index is -0.790. The second kappa shape index (κ2) is 53.0. The summed E-state index contributed by atoms with van der Waals surface area (Å²) in [5.74, 6) is -0.917. The monoisotopic (exact) mass is 897 g/mol. The third-order valence-corrected chi connectivity index (χ3v) is 12.1. The zero-order valence-corrected chi connectivity index (χ0v) is 42.6. The molecular weight excluding hydrogens is 793 g/mol. The quantitative estimate of drug-likeness (QED) is 0.0262. The Morgan fingerprint density at radius 1 is 0.328 bits per heavy atom. The SMILES string of the molecule is CC/C=C\C/C=C\C/C=C\C/C=C\CCCCC(=O)OC(COC(=O)CCCCCCCCCCCC)COC(=O)CCCCCCCCCCCCCCCCCCCCCCC. The van der Waals surface area contributed by atoms with E-state index in [1.54, 1.807) is 0 Å². The molecule has 0 fully saturated rings. The second-order valence-corrected chi connectivity index (χ2v) is 18.5. The number of allylic oxidation sites excluding steroid dienone is 8. The minimum absolute atomic E-state index is 0.0860. The molecule has 0 rings (SSSR count). The molecule has 0 spiro atoms. The molecule has 0 bridgehead atoms. The molecule has 0 amide bonds. The normalized spacial score (nSPS) is 12.4. The Balaban J connectivity index is 4.29. The van der Waals surface area contributed by atoms with Crippen molar-refractivity contribution in [2.45, 2.75) is 290 Å². The minimum Gasteiger partial charge on any atom is -0.462 e. The maximum absolute atomic E-state index is 12.8. The molecule has 0 aromatic rings. The summed E-state index contributed by atoms with van der Waals surface area (Å²) < 4.78 is 16.8. The Morgan fingerprint density at radius 2 is 0.609 bits per heavy atom. The van der Waals surface area contributed by atoms with E-state index in [1.807, 2.05) is 0 Å². The average molecular weight is 897 g/mol. The molecule has 0 aliphatic carbocycles. The van der Waals surface area contributed by atoms with Gasteiger partial charge in [-0.25, -0.2) is 0 Å². The van der Waals surface area contributed by atoms with Crippen LogP contribution >= 0.6 is 0 Å². The van der Waals surface area contributed by atoms with Crippen LogP contribution in [0.15, 0.2) is 48.6 Å². The maximum Gasteiger partial charge on any atom is 0.306 e. The van der Waals surface area contributed by atoms with E-state index in [0.717, 1.165) is 77.0 Å². The van der Waals surface area contributed by atoms with Crippen molar-refractivity contribution in [3.05, 3.63) is 48.6 Å². The third-order valence-electron chi connectivity index (χ3n) is 12.1. The van der Waals surface area contributed by atoms with Crippen LogP contribution in [0.5, 0.6) is 0 Å². The van der Waals surface area contributed by atoms with Crippen molar-refractivity contribution in [1.82, 2.24) is 0 Å². The highest BCUT2D eigenvalue weighted by Gasteiger charge is 2.19. The van der Waals surface area contributed by atoms with Crippen LogP contribution in [0.1, 0.15) is 284 Å². The van der Waals surface area contributed by atoms with Gasteiger partial charge < -0.3 is 14.2 Å². The van der Waals surface area contributed by atoms with Gasteiger partial charge in [-0.15, -0.1) is 0 Å². The Morgan fingerprint density at radius 3 is 0.953 bits per heavy atom. The first-order chi connectivity index (χ1) is 31.5.